The van der Waals surface area contributed by atoms with Crippen LogP contribution in [0.1, 0.15) is 0 Å². The van der Waals surface area contributed by atoms with Crippen molar-refractivity contribution in [2.45, 2.75) is 12.3 Å². The number of carbonyl (C=O) groups is 1. The van der Waals surface area contributed by atoms with E-state index in [9.17, 15) is 18.0 Å². The highest BCUT2D eigenvalue weighted by molar-refractivity contribution is 5.74. The summed E-state index contributed by atoms with van der Waals surface area (Å²) < 4.78 is 45.6. The lowest BCUT2D eigenvalue weighted by atomic mass is 10.0. The fourth-order valence-corrected chi connectivity index (χ4v) is 0.949. The van der Waals surface area contributed by atoms with E-state index in [0.29, 0.717) is 0 Å². The minimum Gasteiger partial charge on any atom is -0.468 e. The maximum atomic E-state index is 12.4. The molecule has 6 heteroatoms. The number of carbonyl (C=O) groups excluding carboxylic acids is 1. The first-order chi connectivity index (χ1) is 6.38. The zero-order valence-corrected chi connectivity index (χ0v) is 7.80. The zero-order chi connectivity index (χ0) is 11.4. The van der Waals surface area contributed by atoms with Gasteiger partial charge in [-0.05, 0) is 0 Å². The fourth-order valence-electron chi connectivity index (χ4n) is 0.949. The van der Waals surface area contributed by atoms with Gasteiger partial charge in [-0.2, -0.15) is 13.2 Å². The van der Waals surface area contributed by atoms with E-state index in [1.54, 1.807) is 0 Å². The van der Waals surface area contributed by atoms with Gasteiger partial charge in [-0.3, -0.25) is 4.79 Å². The van der Waals surface area contributed by atoms with Crippen molar-refractivity contribution in [2.24, 2.45) is 5.92 Å². The summed E-state index contributed by atoms with van der Waals surface area (Å²) >= 11 is 0. The molecule has 0 radical (unpaired) electrons. The Kier molecular flexibility index (Phi) is 4.62. The molecule has 0 spiro atoms. The van der Waals surface area contributed by atoms with Gasteiger partial charge < -0.3 is 9.47 Å². The highest BCUT2D eigenvalue weighted by Crippen LogP contribution is 2.31. The lowest BCUT2D eigenvalue weighted by molar-refractivity contribution is -0.211. The predicted molar refractivity (Wildman–Crippen MR) is 42.6 cm³/mol. The number of rotatable bonds is 4. The van der Waals surface area contributed by atoms with Crippen LogP contribution in [0.3, 0.4) is 0 Å². The van der Waals surface area contributed by atoms with Crippen molar-refractivity contribution in [1.29, 1.82) is 0 Å². The van der Waals surface area contributed by atoms with E-state index >= 15 is 0 Å². The molecule has 14 heavy (non-hydrogen) atoms. The number of hydrogen-bond donors (Lipinski definition) is 0. The molecule has 3 nitrogen and oxygen atoms in total. The first-order valence-electron chi connectivity index (χ1n) is 3.68. The Morgan fingerprint density at radius 1 is 1.43 bits per heavy atom. The molecule has 0 amide bonds. The number of halogens is 3. The first-order valence-corrected chi connectivity index (χ1v) is 3.68. The summed E-state index contributed by atoms with van der Waals surface area (Å²) in [6, 6.07) is 0. The molecule has 0 aromatic heterocycles. The molecular weight excluding hydrogens is 201 g/mol. The maximum Gasteiger partial charge on any atom is 0.405 e. The van der Waals surface area contributed by atoms with E-state index < -0.39 is 24.2 Å². The average Bonchev–Trinajstić information content (AvgIpc) is 2.10. The van der Waals surface area contributed by atoms with Crippen LogP contribution in [0, 0.1) is 5.92 Å². The molecule has 0 aliphatic heterocycles. The second-order valence-electron chi connectivity index (χ2n) is 2.48. The zero-order valence-electron chi connectivity index (χ0n) is 7.80. The minimum absolute atomic E-state index is 0.886. The third-order valence-corrected chi connectivity index (χ3v) is 1.64. The van der Waals surface area contributed by atoms with E-state index in [1.807, 2.05) is 0 Å². The number of alkyl halides is 3. The van der Waals surface area contributed by atoms with Crippen LogP contribution in [-0.4, -0.2) is 32.5 Å². The normalized spacial score (nSPS) is 15.8. The number of ether oxygens (including phenoxy) is 2. The van der Waals surface area contributed by atoms with Crippen molar-refractivity contribution in [3.8, 4) is 0 Å². The van der Waals surface area contributed by atoms with Crippen LogP contribution in [0.2, 0.25) is 0 Å². The van der Waals surface area contributed by atoms with Crippen LogP contribution in [0.4, 0.5) is 13.2 Å². The second-order valence-corrected chi connectivity index (χ2v) is 2.48. The Hall–Kier alpha value is -1.04. The Balaban J connectivity index is 4.89. The summed E-state index contributed by atoms with van der Waals surface area (Å²) in [6.45, 7) is 3.15. The van der Waals surface area contributed by atoms with Crippen LogP contribution in [0.5, 0.6) is 0 Å². The lowest BCUT2D eigenvalue weighted by Crippen LogP contribution is -2.40. The van der Waals surface area contributed by atoms with Crippen molar-refractivity contribution in [3.05, 3.63) is 12.7 Å². The molecule has 0 N–H and O–H groups in total. The van der Waals surface area contributed by atoms with Crippen molar-refractivity contribution < 1.29 is 27.4 Å². The Morgan fingerprint density at radius 2 is 1.93 bits per heavy atom. The quantitative estimate of drug-likeness (QED) is 0.523. The van der Waals surface area contributed by atoms with Gasteiger partial charge in [0.25, 0.3) is 0 Å². The summed E-state index contributed by atoms with van der Waals surface area (Å²) in [4.78, 5) is 10.8. The van der Waals surface area contributed by atoms with Crippen molar-refractivity contribution >= 4 is 5.97 Å². The van der Waals surface area contributed by atoms with Crippen LogP contribution in [-0.2, 0) is 14.3 Å². The van der Waals surface area contributed by atoms with Gasteiger partial charge in [0.2, 0.25) is 0 Å². The van der Waals surface area contributed by atoms with Gasteiger partial charge in [0, 0.05) is 7.11 Å². The van der Waals surface area contributed by atoms with Gasteiger partial charge in [0.05, 0.1) is 13.2 Å². The largest absolute Gasteiger partial charge is 0.468 e. The number of esters is 1. The molecule has 0 fully saturated rings. The standard InChI is InChI=1S/C8H11F3O3/c1-4-5(13-2)6(7(12)14-3)8(9,10)11/h4-6H,1H2,2-3H3. The molecule has 0 bridgehead atoms. The molecule has 0 rings (SSSR count). The lowest BCUT2D eigenvalue weighted by Gasteiger charge is -2.23. The predicted octanol–water partition coefficient (Wildman–Crippen LogP) is 1.54. The van der Waals surface area contributed by atoms with Crippen LogP contribution < -0.4 is 0 Å². The van der Waals surface area contributed by atoms with Crippen LogP contribution in [0.25, 0.3) is 0 Å². The smallest absolute Gasteiger partial charge is 0.405 e. The Bertz CT molecular complexity index is 212. The van der Waals surface area contributed by atoms with Gasteiger partial charge in [0.1, 0.15) is 0 Å². The molecule has 0 saturated heterocycles. The van der Waals surface area contributed by atoms with Crippen LogP contribution in [0.15, 0.2) is 12.7 Å². The highest BCUT2D eigenvalue weighted by Gasteiger charge is 2.50. The highest BCUT2D eigenvalue weighted by atomic mass is 19.4. The fraction of sp³-hybridized carbons (Fsp3) is 0.625. The van der Waals surface area contributed by atoms with Gasteiger partial charge in [-0.1, -0.05) is 6.08 Å². The average molecular weight is 212 g/mol. The van der Waals surface area contributed by atoms with E-state index in [2.05, 4.69) is 16.1 Å². The maximum absolute atomic E-state index is 12.4. The van der Waals surface area contributed by atoms with Gasteiger partial charge >= 0.3 is 12.1 Å². The Morgan fingerprint density at radius 3 is 2.14 bits per heavy atom. The summed E-state index contributed by atoms with van der Waals surface area (Å²) in [5, 5.41) is 0. The molecule has 82 valence electrons. The summed E-state index contributed by atoms with van der Waals surface area (Å²) in [5.41, 5.74) is 0. The molecule has 0 saturated carbocycles. The summed E-state index contributed by atoms with van der Waals surface area (Å²) in [5.74, 6) is -3.71. The monoisotopic (exact) mass is 212 g/mol. The third kappa shape index (κ3) is 3.02. The summed E-state index contributed by atoms with van der Waals surface area (Å²) in [6.07, 6.45) is -5.22. The SMILES string of the molecule is C=CC(OC)C(C(=O)OC)C(F)(F)F. The van der Waals surface area contributed by atoms with Crippen molar-refractivity contribution in [1.82, 2.24) is 0 Å². The summed E-state index contributed by atoms with van der Waals surface area (Å²) in [7, 11) is 1.95. The van der Waals surface area contributed by atoms with Gasteiger partial charge in [0.15, 0.2) is 5.92 Å². The topological polar surface area (TPSA) is 35.5 Å². The van der Waals surface area contributed by atoms with E-state index in [0.717, 1.165) is 20.3 Å². The van der Waals surface area contributed by atoms with E-state index in [1.165, 1.54) is 0 Å². The van der Waals surface area contributed by atoms with E-state index in [4.69, 9.17) is 0 Å². The molecule has 2 atom stereocenters. The molecule has 0 aromatic rings. The Labute approximate surface area is 79.5 Å². The van der Waals surface area contributed by atoms with Crippen LogP contribution >= 0.6 is 0 Å². The minimum atomic E-state index is -4.71. The molecular formula is C8H11F3O3. The van der Waals surface area contributed by atoms with Crippen molar-refractivity contribution in [2.75, 3.05) is 14.2 Å². The molecule has 0 aliphatic rings. The molecule has 0 heterocycles. The number of methoxy groups -OCH3 is 2. The molecule has 0 aromatic carbocycles. The van der Waals surface area contributed by atoms with Gasteiger partial charge in [-0.15, -0.1) is 6.58 Å². The number of hydrogen-bond acceptors (Lipinski definition) is 3. The molecule has 0 aliphatic carbocycles. The molecule has 2 unspecified atom stereocenters. The van der Waals surface area contributed by atoms with E-state index in [-0.39, 0.29) is 0 Å². The second kappa shape index (κ2) is 4.99. The van der Waals surface area contributed by atoms with Crippen molar-refractivity contribution in [3.63, 3.8) is 0 Å². The third-order valence-electron chi connectivity index (χ3n) is 1.64. The first kappa shape index (κ1) is 13.0. The van der Waals surface area contributed by atoms with Gasteiger partial charge in [-0.25, -0.2) is 0 Å².